The summed E-state index contributed by atoms with van der Waals surface area (Å²) in [5, 5.41) is -0.151. The van der Waals surface area contributed by atoms with E-state index in [-0.39, 0.29) is 5.25 Å². The summed E-state index contributed by atoms with van der Waals surface area (Å²) in [6.07, 6.45) is 2.25. The Hall–Kier alpha value is 0.200. The molecule has 0 saturated heterocycles. The third-order valence-electron chi connectivity index (χ3n) is 2.10. The fourth-order valence-corrected chi connectivity index (χ4v) is 3.40. The van der Waals surface area contributed by atoms with Gasteiger partial charge in [-0.05, 0) is 33.1 Å². The average molecular weight is 226 g/mol. The van der Waals surface area contributed by atoms with E-state index < -0.39 is 15.6 Å². The van der Waals surface area contributed by atoms with Crippen LogP contribution >= 0.6 is 11.6 Å². The Morgan fingerprint density at radius 1 is 1.46 bits per heavy atom. The van der Waals surface area contributed by atoms with Crippen molar-refractivity contribution in [3.05, 3.63) is 0 Å². The Morgan fingerprint density at radius 3 is 2.38 bits per heavy atom. The highest BCUT2D eigenvalue weighted by atomic mass is 35.5. The lowest BCUT2D eigenvalue weighted by molar-refractivity contribution is 0.441. The SMILES string of the molecule is CC(C)(CCCl)NS(=O)(=O)C1CC1. The zero-order valence-corrected chi connectivity index (χ0v) is 9.58. The van der Waals surface area contributed by atoms with Gasteiger partial charge in [0.25, 0.3) is 0 Å². The van der Waals surface area contributed by atoms with Crippen LogP contribution in [-0.2, 0) is 10.0 Å². The van der Waals surface area contributed by atoms with E-state index in [1.54, 1.807) is 0 Å². The van der Waals surface area contributed by atoms with Crippen LogP contribution in [0.1, 0.15) is 33.1 Å². The minimum Gasteiger partial charge on any atom is -0.212 e. The number of sulfonamides is 1. The van der Waals surface area contributed by atoms with Gasteiger partial charge in [0, 0.05) is 11.4 Å². The van der Waals surface area contributed by atoms with Crippen molar-refractivity contribution in [2.24, 2.45) is 0 Å². The molecule has 0 heterocycles. The molecule has 0 aromatic heterocycles. The van der Waals surface area contributed by atoms with Crippen molar-refractivity contribution in [1.29, 1.82) is 0 Å². The fraction of sp³-hybridized carbons (Fsp3) is 1.00. The standard InChI is InChI=1S/C8H16ClNO2S/c1-8(2,5-6-9)10-13(11,12)7-3-4-7/h7,10H,3-6H2,1-2H3. The molecule has 1 N–H and O–H groups in total. The van der Waals surface area contributed by atoms with Gasteiger partial charge >= 0.3 is 0 Å². The van der Waals surface area contributed by atoms with Crippen LogP contribution in [0, 0.1) is 0 Å². The summed E-state index contributed by atoms with van der Waals surface area (Å²) < 4.78 is 25.7. The van der Waals surface area contributed by atoms with Gasteiger partial charge in [-0.25, -0.2) is 13.1 Å². The number of rotatable bonds is 5. The minimum absolute atomic E-state index is 0.151. The lowest BCUT2D eigenvalue weighted by Crippen LogP contribution is -2.45. The molecule has 0 aromatic carbocycles. The molecule has 0 aliphatic heterocycles. The van der Waals surface area contributed by atoms with Crippen LogP contribution in [-0.4, -0.2) is 25.1 Å². The van der Waals surface area contributed by atoms with E-state index in [4.69, 9.17) is 11.6 Å². The topological polar surface area (TPSA) is 46.2 Å². The first-order valence-electron chi connectivity index (χ1n) is 4.46. The molecule has 0 bridgehead atoms. The molecule has 3 nitrogen and oxygen atoms in total. The number of nitrogens with one attached hydrogen (secondary N) is 1. The molecular weight excluding hydrogens is 210 g/mol. The van der Waals surface area contributed by atoms with E-state index in [1.165, 1.54) is 0 Å². The molecule has 1 rings (SSSR count). The molecule has 1 aliphatic carbocycles. The van der Waals surface area contributed by atoms with Crippen LogP contribution in [0.4, 0.5) is 0 Å². The Balaban J connectivity index is 2.55. The predicted molar refractivity (Wildman–Crippen MR) is 54.5 cm³/mol. The smallest absolute Gasteiger partial charge is 0.212 e. The van der Waals surface area contributed by atoms with Crippen molar-refractivity contribution in [2.45, 2.75) is 43.9 Å². The maximum atomic E-state index is 11.5. The minimum atomic E-state index is -3.08. The van der Waals surface area contributed by atoms with Crippen molar-refractivity contribution in [2.75, 3.05) is 5.88 Å². The lowest BCUT2D eigenvalue weighted by atomic mass is 10.0. The van der Waals surface area contributed by atoms with Crippen LogP contribution in [0.5, 0.6) is 0 Å². The van der Waals surface area contributed by atoms with Crippen molar-refractivity contribution >= 4 is 21.6 Å². The van der Waals surface area contributed by atoms with E-state index in [0.29, 0.717) is 12.3 Å². The third kappa shape index (κ3) is 3.44. The Bertz CT molecular complexity index is 270. The predicted octanol–water partition coefficient (Wildman–Crippen LogP) is 1.48. The maximum absolute atomic E-state index is 11.5. The van der Waals surface area contributed by atoms with E-state index in [1.807, 2.05) is 13.8 Å². The molecule has 1 saturated carbocycles. The van der Waals surface area contributed by atoms with Gasteiger partial charge in [0.15, 0.2) is 0 Å². The first-order valence-corrected chi connectivity index (χ1v) is 6.54. The number of alkyl halides is 1. The number of hydrogen-bond acceptors (Lipinski definition) is 2. The highest BCUT2D eigenvalue weighted by Crippen LogP contribution is 2.29. The summed E-state index contributed by atoms with van der Waals surface area (Å²) in [5.74, 6) is 0.472. The lowest BCUT2D eigenvalue weighted by Gasteiger charge is -2.24. The van der Waals surface area contributed by atoms with E-state index in [2.05, 4.69) is 4.72 Å². The highest BCUT2D eigenvalue weighted by Gasteiger charge is 2.38. The van der Waals surface area contributed by atoms with Crippen LogP contribution in [0.15, 0.2) is 0 Å². The number of halogens is 1. The van der Waals surface area contributed by atoms with Crippen LogP contribution < -0.4 is 4.72 Å². The molecule has 13 heavy (non-hydrogen) atoms. The van der Waals surface area contributed by atoms with E-state index in [9.17, 15) is 8.42 Å². The van der Waals surface area contributed by atoms with Gasteiger partial charge in [-0.2, -0.15) is 0 Å². The molecule has 0 amide bonds. The highest BCUT2D eigenvalue weighted by molar-refractivity contribution is 7.90. The van der Waals surface area contributed by atoms with Gasteiger partial charge < -0.3 is 0 Å². The summed E-state index contributed by atoms with van der Waals surface area (Å²) in [7, 11) is -3.08. The molecular formula is C8H16ClNO2S. The van der Waals surface area contributed by atoms with Crippen LogP contribution in [0.3, 0.4) is 0 Å². The summed E-state index contributed by atoms with van der Waals surface area (Å²) in [6, 6.07) is 0. The van der Waals surface area contributed by atoms with Crippen molar-refractivity contribution in [3.63, 3.8) is 0 Å². The molecule has 0 aromatic rings. The molecule has 1 fully saturated rings. The quantitative estimate of drug-likeness (QED) is 0.721. The van der Waals surface area contributed by atoms with Gasteiger partial charge in [-0.15, -0.1) is 11.6 Å². The van der Waals surface area contributed by atoms with Crippen LogP contribution in [0.25, 0.3) is 0 Å². The summed E-state index contributed by atoms with van der Waals surface area (Å²) in [5.41, 5.74) is -0.414. The normalized spacial score (nSPS) is 19.0. The molecule has 0 radical (unpaired) electrons. The second-order valence-corrected chi connectivity index (χ2v) is 6.51. The maximum Gasteiger partial charge on any atom is 0.214 e. The average Bonchev–Trinajstić information content (AvgIpc) is 2.62. The Labute approximate surface area is 84.9 Å². The first kappa shape index (κ1) is 11.3. The zero-order chi connectivity index (χ0) is 10.1. The van der Waals surface area contributed by atoms with E-state index in [0.717, 1.165) is 12.8 Å². The summed E-state index contributed by atoms with van der Waals surface area (Å²) in [4.78, 5) is 0. The van der Waals surface area contributed by atoms with Crippen molar-refractivity contribution in [3.8, 4) is 0 Å². The summed E-state index contributed by atoms with van der Waals surface area (Å²) >= 11 is 5.58. The van der Waals surface area contributed by atoms with E-state index >= 15 is 0 Å². The van der Waals surface area contributed by atoms with Gasteiger partial charge in [0.05, 0.1) is 5.25 Å². The summed E-state index contributed by atoms with van der Waals surface area (Å²) in [6.45, 7) is 3.71. The van der Waals surface area contributed by atoms with Gasteiger partial charge in [-0.1, -0.05) is 0 Å². The van der Waals surface area contributed by atoms with Crippen LogP contribution in [0.2, 0.25) is 0 Å². The zero-order valence-electron chi connectivity index (χ0n) is 8.01. The first-order chi connectivity index (χ1) is 5.87. The largest absolute Gasteiger partial charge is 0.214 e. The van der Waals surface area contributed by atoms with Gasteiger partial charge in [0.2, 0.25) is 10.0 Å². The Morgan fingerprint density at radius 2 is 2.00 bits per heavy atom. The monoisotopic (exact) mass is 225 g/mol. The van der Waals surface area contributed by atoms with Gasteiger partial charge in [-0.3, -0.25) is 0 Å². The van der Waals surface area contributed by atoms with Crippen molar-refractivity contribution in [1.82, 2.24) is 4.72 Å². The second-order valence-electron chi connectivity index (χ2n) is 4.17. The van der Waals surface area contributed by atoms with Gasteiger partial charge in [0.1, 0.15) is 0 Å². The molecule has 0 spiro atoms. The molecule has 5 heteroatoms. The molecule has 78 valence electrons. The second kappa shape index (κ2) is 3.75. The number of hydrogen-bond donors (Lipinski definition) is 1. The molecule has 1 aliphatic rings. The van der Waals surface area contributed by atoms with Crippen molar-refractivity contribution < 1.29 is 8.42 Å². The molecule has 0 atom stereocenters. The molecule has 0 unspecified atom stereocenters. The third-order valence-corrected chi connectivity index (χ3v) is 4.48. The fourth-order valence-electron chi connectivity index (χ4n) is 1.13. The Kier molecular flexibility index (Phi) is 3.25.